The highest BCUT2D eigenvalue weighted by molar-refractivity contribution is 5.94. The Labute approximate surface area is 140 Å². The van der Waals surface area contributed by atoms with E-state index >= 15 is 0 Å². The monoisotopic (exact) mass is 336 g/mol. The van der Waals surface area contributed by atoms with Gasteiger partial charge in [-0.2, -0.15) is 0 Å². The Morgan fingerprint density at radius 1 is 1.29 bits per heavy atom. The fourth-order valence-electron chi connectivity index (χ4n) is 2.66. The fourth-order valence-corrected chi connectivity index (χ4v) is 2.66. The van der Waals surface area contributed by atoms with Gasteiger partial charge in [0.2, 0.25) is 11.8 Å². The van der Waals surface area contributed by atoms with Crippen molar-refractivity contribution < 1.29 is 18.8 Å². The summed E-state index contributed by atoms with van der Waals surface area (Å²) in [6.07, 6.45) is 3.38. The molecule has 1 aliphatic heterocycles. The van der Waals surface area contributed by atoms with Crippen molar-refractivity contribution in [2.75, 3.05) is 26.7 Å². The average Bonchev–Trinajstić information content (AvgIpc) is 3.11. The third-order valence-corrected chi connectivity index (χ3v) is 4.11. The third-order valence-electron chi connectivity index (χ3n) is 4.11. The fraction of sp³-hybridized carbons (Fsp3) is 0.562. The second-order valence-corrected chi connectivity index (χ2v) is 5.79. The lowest BCUT2D eigenvalue weighted by Crippen LogP contribution is -2.42. The second-order valence-electron chi connectivity index (χ2n) is 5.79. The number of furan rings is 1. The predicted molar refractivity (Wildman–Crippen MR) is 86.9 cm³/mol. The zero-order valence-electron chi connectivity index (χ0n) is 13.8. The number of hydrogen-bond donors (Lipinski definition) is 3. The zero-order valence-corrected chi connectivity index (χ0v) is 13.8. The largest absolute Gasteiger partial charge is 0.467 e. The van der Waals surface area contributed by atoms with Gasteiger partial charge in [-0.05, 0) is 38.1 Å². The van der Waals surface area contributed by atoms with E-state index in [1.165, 1.54) is 7.05 Å². The van der Waals surface area contributed by atoms with Gasteiger partial charge in [0.1, 0.15) is 5.76 Å². The minimum atomic E-state index is -0.494. The average molecular weight is 336 g/mol. The van der Waals surface area contributed by atoms with Crippen molar-refractivity contribution in [2.45, 2.75) is 25.8 Å². The molecule has 0 unspecified atom stereocenters. The van der Waals surface area contributed by atoms with Gasteiger partial charge in [-0.15, -0.1) is 0 Å². The van der Waals surface area contributed by atoms with Gasteiger partial charge in [0.15, 0.2) is 0 Å². The number of nitrogens with one attached hydrogen (secondary N) is 3. The Morgan fingerprint density at radius 3 is 2.67 bits per heavy atom. The van der Waals surface area contributed by atoms with Crippen molar-refractivity contribution in [3.05, 3.63) is 24.2 Å². The van der Waals surface area contributed by atoms with Gasteiger partial charge in [0, 0.05) is 25.9 Å². The van der Waals surface area contributed by atoms with Crippen LogP contribution in [0.1, 0.15) is 25.0 Å². The lowest BCUT2D eigenvalue weighted by Gasteiger charge is -2.31. The molecule has 1 aromatic rings. The molecule has 1 aromatic heterocycles. The van der Waals surface area contributed by atoms with Crippen molar-refractivity contribution in [3.63, 3.8) is 0 Å². The summed E-state index contributed by atoms with van der Waals surface area (Å²) in [5, 5.41) is 7.46. The van der Waals surface area contributed by atoms with E-state index < -0.39 is 6.03 Å². The SMILES string of the molecule is CNC(=O)NC(=O)CCN1CCC(C(=O)NCc2ccco2)CC1. The summed E-state index contributed by atoms with van der Waals surface area (Å²) in [6, 6.07) is 3.12. The number of carbonyl (C=O) groups excluding carboxylic acids is 3. The first kappa shape index (κ1) is 18.0. The second kappa shape index (κ2) is 9.07. The highest BCUT2D eigenvalue weighted by atomic mass is 16.3. The molecule has 2 heterocycles. The minimum absolute atomic E-state index is 0.00379. The van der Waals surface area contributed by atoms with Crippen LogP contribution in [0.2, 0.25) is 0 Å². The third kappa shape index (κ3) is 5.69. The van der Waals surface area contributed by atoms with Crippen molar-refractivity contribution in [1.82, 2.24) is 20.9 Å². The van der Waals surface area contributed by atoms with Gasteiger partial charge >= 0.3 is 6.03 Å². The first-order chi connectivity index (χ1) is 11.6. The Balaban J connectivity index is 1.63. The Kier molecular flexibility index (Phi) is 6.80. The Morgan fingerprint density at radius 2 is 2.04 bits per heavy atom. The van der Waals surface area contributed by atoms with Crippen LogP contribution in [-0.2, 0) is 16.1 Å². The van der Waals surface area contributed by atoms with Crippen LogP contribution in [0.3, 0.4) is 0 Å². The molecule has 0 aliphatic carbocycles. The number of likely N-dealkylation sites (tertiary alicyclic amines) is 1. The molecule has 132 valence electrons. The number of nitrogens with zero attached hydrogens (tertiary/aromatic N) is 1. The van der Waals surface area contributed by atoms with E-state index in [1.807, 2.05) is 6.07 Å². The lowest BCUT2D eigenvalue weighted by atomic mass is 9.96. The maximum absolute atomic E-state index is 12.1. The Hall–Kier alpha value is -2.35. The first-order valence-electron chi connectivity index (χ1n) is 8.12. The standard InChI is InChI=1S/C16H24N4O4/c1-17-16(23)19-14(21)6-9-20-7-4-12(5-8-20)15(22)18-11-13-3-2-10-24-13/h2-3,10,12H,4-9,11H2,1H3,(H,18,22)(H2,17,19,21,23). The Bertz CT molecular complexity index is 550. The number of hydrogen-bond acceptors (Lipinski definition) is 5. The highest BCUT2D eigenvalue weighted by Gasteiger charge is 2.25. The molecule has 4 amide bonds. The summed E-state index contributed by atoms with van der Waals surface area (Å²) < 4.78 is 5.19. The van der Waals surface area contributed by atoms with Crippen molar-refractivity contribution in [1.29, 1.82) is 0 Å². The normalized spacial score (nSPS) is 15.7. The van der Waals surface area contributed by atoms with E-state index in [0.717, 1.165) is 31.7 Å². The van der Waals surface area contributed by atoms with E-state index in [0.29, 0.717) is 13.1 Å². The van der Waals surface area contributed by atoms with E-state index in [2.05, 4.69) is 20.9 Å². The quantitative estimate of drug-likeness (QED) is 0.700. The molecule has 2 rings (SSSR count). The molecular weight excluding hydrogens is 312 g/mol. The molecule has 1 aliphatic rings. The van der Waals surface area contributed by atoms with Crippen molar-refractivity contribution in [3.8, 4) is 0 Å². The van der Waals surface area contributed by atoms with Crippen LogP contribution in [0.4, 0.5) is 4.79 Å². The molecule has 0 atom stereocenters. The molecule has 0 bridgehead atoms. The van der Waals surface area contributed by atoms with Gasteiger partial charge in [0.25, 0.3) is 0 Å². The number of urea groups is 1. The smallest absolute Gasteiger partial charge is 0.321 e. The number of carbonyl (C=O) groups is 3. The van der Waals surface area contributed by atoms with E-state index in [4.69, 9.17) is 4.42 Å². The van der Waals surface area contributed by atoms with Crippen LogP contribution in [0.15, 0.2) is 22.8 Å². The maximum Gasteiger partial charge on any atom is 0.321 e. The molecule has 1 saturated heterocycles. The van der Waals surface area contributed by atoms with Crippen LogP contribution in [0.25, 0.3) is 0 Å². The topological polar surface area (TPSA) is 104 Å². The molecule has 1 fully saturated rings. The van der Waals surface area contributed by atoms with Gasteiger partial charge < -0.3 is 20.0 Å². The molecule has 0 spiro atoms. The summed E-state index contributed by atoms with van der Waals surface area (Å²) in [6.45, 7) is 2.54. The number of amides is 4. The van der Waals surface area contributed by atoms with Crippen LogP contribution in [-0.4, -0.2) is 49.4 Å². The molecule has 0 radical (unpaired) electrons. The molecule has 8 nitrogen and oxygen atoms in total. The van der Waals surface area contributed by atoms with Gasteiger partial charge in [-0.25, -0.2) is 4.79 Å². The molecule has 0 saturated carbocycles. The lowest BCUT2D eigenvalue weighted by molar-refractivity contribution is -0.127. The summed E-state index contributed by atoms with van der Waals surface area (Å²) in [5.74, 6) is 0.481. The van der Waals surface area contributed by atoms with Gasteiger partial charge in [-0.1, -0.05) is 0 Å². The highest BCUT2D eigenvalue weighted by Crippen LogP contribution is 2.17. The number of imide groups is 1. The minimum Gasteiger partial charge on any atom is -0.467 e. The zero-order chi connectivity index (χ0) is 17.4. The van der Waals surface area contributed by atoms with Crippen molar-refractivity contribution in [2.24, 2.45) is 5.92 Å². The first-order valence-corrected chi connectivity index (χ1v) is 8.12. The molecule has 3 N–H and O–H groups in total. The van der Waals surface area contributed by atoms with Crippen LogP contribution < -0.4 is 16.0 Å². The summed E-state index contributed by atoms with van der Waals surface area (Å²) in [4.78, 5) is 36.9. The molecular formula is C16H24N4O4. The predicted octanol–water partition coefficient (Wildman–Crippen LogP) is 0.454. The summed E-state index contributed by atoms with van der Waals surface area (Å²) in [5.41, 5.74) is 0. The number of rotatable bonds is 6. The summed E-state index contributed by atoms with van der Waals surface area (Å²) in [7, 11) is 1.46. The van der Waals surface area contributed by atoms with Crippen LogP contribution in [0.5, 0.6) is 0 Å². The van der Waals surface area contributed by atoms with Crippen LogP contribution in [0, 0.1) is 5.92 Å². The van der Waals surface area contributed by atoms with Gasteiger partial charge in [-0.3, -0.25) is 14.9 Å². The van der Waals surface area contributed by atoms with Gasteiger partial charge in [0.05, 0.1) is 12.8 Å². The molecule has 8 heteroatoms. The van der Waals surface area contributed by atoms with E-state index in [-0.39, 0.29) is 24.2 Å². The van der Waals surface area contributed by atoms with E-state index in [9.17, 15) is 14.4 Å². The molecule has 0 aromatic carbocycles. The number of piperidine rings is 1. The summed E-state index contributed by atoms with van der Waals surface area (Å²) >= 11 is 0. The van der Waals surface area contributed by atoms with E-state index in [1.54, 1.807) is 12.3 Å². The maximum atomic E-state index is 12.1. The van der Waals surface area contributed by atoms with Crippen LogP contribution >= 0.6 is 0 Å². The molecule has 24 heavy (non-hydrogen) atoms. The van der Waals surface area contributed by atoms with Crippen molar-refractivity contribution >= 4 is 17.8 Å².